The number of aromatic nitrogens is 6. The maximum absolute atomic E-state index is 6.42. The lowest BCUT2D eigenvalue weighted by molar-refractivity contribution is 0.00578. The quantitative estimate of drug-likeness (QED) is 0.0643. The Morgan fingerprint density at radius 1 is 0.213 bits per heavy atom. The Balaban J connectivity index is 0.000000153. The van der Waals surface area contributed by atoms with Crippen molar-refractivity contribution in [2.24, 2.45) is 0 Å². The van der Waals surface area contributed by atoms with Crippen LogP contribution in [0.3, 0.4) is 0 Å². The maximum Gasteiger partial charge on any atom is 0.494 e. The standard InChI is InChI=1S/C67H45N3O.C32H31BO2.C15H7Cl2N3O/c1-7-23-46(24-8-1)61(47-25-9-2-10-26-47)63(50-31-15-5-16-32-50)52-35-21-37-54(43-52)65-68-66(70-67(69-65)56-41-42-58-57-39-19-20-40-59(57)71-60(58)45-56)55-38-22-36-53(44-55)64(51-33-17-6-18-34-51)62(48-27-11-3-12-28-48)49-29-13-4-14-30-49;1-31(2)32(3,4)35-33(34-31)28-22-14-21-27(23-28)30(26-19-12-7-13-20-26)29(24-15-8-5-9-16-24)25-17-10-6-11-18-25;16-14-18-13(19-15(17)20-14)8-5-6-10-9-3-1-2-4-11(9)21-12(10)7-8/h1-45H;5-23H,1-4H3;1-7H. The van der Waals surface area contributed by atoms with Gasteiger partial charge in [-0.05, 0) is 205 Å². The molecule has 0 unspecified atom stereocenters. The van der Waals surface area contributed by atoms with E-state index < -0.39 is 7.12 Å². The summed E-state index contributed by atoms with van der Waals surface area (Å²) in [5, 5.41) is 4.36. The Labute approximate surface area is 748 Å². The molecular weight excluding hydrogens is 1600 g/mol. The summed E-state index contributed by atoms with van der Waals surface area (Å²) in [7, 11) is -0.408. The van der Waals surface area contributed by atoms with Crippen molar-refractivity contribution in [2.45, 2.75) is 38.9 Å². The highest BCUT2D eigenvalue weighted by atomic mass is 35.5. The molecule has 0 bridgehead atoms. The van der Waals surface area contributed by atoms with Crippen LogP contribution in [0, 0.1) is 0 Å². The maximum atomic E-state index is 6.42. The van der Waals surface area contributed by atoms with Crippen molar-refractivity contribution in [3.8, 4) is 45.6 Å². The molecule has 0 spiro atoms. The van der Waals surface area contributed by atoms with Crippen molar-refractivity contribution in [1.82, 2.24) is 29.9 Å². The zero-order valence-electron chi connectivity index (χ0n) is 70.1. The Kier molecular flexibility index (Phi) is 23.4. The molecule has 16 aromatic carbocycles. The lowest BCUT2D eigenvalue weighted by atomic mass is 9.76. The van der Waals surface area contributed by atoms with Crippen molar-refractivity contribution < 1.29 is 18.1 Å². The van der Waals surface area contributed by atoms with Gasteiger partial charge in [0.25, 0.3) is 0 Å². The number of rotatable bonds is 17. The minimum atomic E-state index is -0.408. The predicted molar refractivity (Wildman–Crippen MR) is 521 cm³/mol. The first-order valence-electron chi connectivity index (χ1n) is 42.3. The van der Waals surface area contributed by atoms with Crippen LogP contribution in [0.15, 0.2) is 440 Å². The number of halogens is 2. The molecule has 1 saturated heterocycles. The van der Waals surface area contributed by atoms with Gasteiger partial charge in [-0.2, -0.15) is 15.0 Å². The lowest BCUT2D eigenvalue weighted by Crippen LogP contribution is -2.41. The lowest BCUT2D eigenvalue weighted by Gasteiger charge is -2.32. The van der Waals surface area contributed by atoms with E-state index in [1.807, 2.05) is 60.7 Å². The molecule has 10 nitrogen and oxygen atoms in total. The molecule has 13 heteroatoms. The van der Waals surface area contributed by atoms with Gasteiger partial charge in [0.1, 0.15) is 22.3 Å². The summed E-state index contributed by atoms with van der Waals surface area (Å²) < 4.78 is 25.0. The summed E-state index contributed by atoms with van der Waals surface area (Å²) in [5.74, 6) is 2.08. The number of para-hydroxylation sites is 2. The van der Waals surface area contributed by atoms with E-state index in [0.717, 1.165) is 144 Å². The van der Waals surface area contributed by atoms with Gasteiger partial charge in [0.15, 0.2) is 23.3 Å². The number of nitrogens with zero attached hydrogens (tertiary/aromatic N) is 6. The number of furan rings is 2. The number of hydrogen-bond acceptors (Lipinski definition) is 10. The minimum Gasteiger partial charge on any atom is -0.456 e. The largest absolute Gasteiger partial charge is 0.494 e. The highest BCUT2D eigenvalue weighted by Gasteiger charge is 2.52. The van der Waals surface area contributed by atoms with Crippen molar-refractivity contribution in [3.05, 3.63) is 508 Å². The van der Waals surface area contributed by atoms with E-state index in [1.54, 1.807) is 0 Å². The van der Waals surface area contributed by atoms with E-state index >= 15 is 0 Å². The molecule has 1 aliphatic heterocycles. The van der Waals surface area contributed by atoms with Crippen LogP contribution >= 0.6 is 23.2 Å². The highest BCUT2D eigenvalue weighted by molar-refractivity contribution is 6.62. The second-order valence-corrected chi connectivity index (χ2v) is 32.7. The van der Waals surface area contributed by atoms with Crippen LogP contribution < -0.4 is 5.46 Å². The number of benzene rings is 16. The van der Waals surface area contributed by atoms with E-state index in [2.05, 4.69) is 413 Å². The molecule has 1 fully saturated rings. The number of hydrogen-bond donors (Lipinski definition) is 0. The van der Waals surface area contributed by atoms with Crippen LogP contribution in [-0.4, -0.2) is 48.2 Å². The third-order valence-electron chi connectivity index (χ3n) is 23.3. The molecule has 0 amide bonds. The van der Waals surface area contributed by atoms with E-state index in [1.165, 1.54) is 27.8 Å². The molecule has 4 aromatic heterocycles. The van der Waals surface area contributed by atoms with Gasteiger partial charge in [-0.25, -0.2) is 15.0 Å². The molecule has 0 saturated carbocycles. The summed E-state index contributed by atoms with van der Waals surface area (Å²) in [6.45, 7) is 8.37. The molecule has 610 valence electrons. The van der Waals surface area contributed by atoms with Gasteiger partial charge in [-0.1, -0.05) is 382 Å². The first-order valence-corrected chi connectivity index (χ1v) is 43.1. The molecule has 21 rings (SSSR count). The van der Waals surface area contributed by atoms with Gasteiger partial charge >= 0.3 is 7.12 Å². The fraction of sp³-hybridized carbons (Fsp3) is 0.0526. The average molecular weight is 1680 g/mol. The average Bonchev–Trinajstić information content (AvgIpc) is 1.58. The van der Waals surface area contributed by atoms with E-state index in [-0.39, 0.29) is 21.8 Å². The van der Waals surface area contributed by atoms with Crippen LogP contribution in [0.25, 0.3) is 123 Å². The van der Waals surface area contributed by atoms with Gasteiger partial charge in [0, 0.05) is 43.8 Å². The van der Waals surface area contributed by atoms with Gasteiger partial charge in [0.2, 0.25) is 10.6 Å². The third kappa shape index (κ3) is 17.5. The zero-order valence-corrected chi connectivity index (χ0v) is 71.7. The SMILES string of the molecule is CC1(C)OB(c2cccc(C(=C(c3ccccc3)c3ccccc3)c3ccccc3)c2)OC1(C)C.Clc1nc(Cl)nc(-c2ccc3c(c2)oc2ccccc23)n1.c1ccc(C(=C(c2ccccc2)c2cccc(-c3nc(-c4cccc(C(=C(c5ccccc5)c5ccccc5)c5ccccc5)c4)nc(-c4ccc5c(c4)oc4ccccc45)n3)c2)c2ccccc2)cc1. The monoisotopic (exact) mass is 1680 g/mol. The van der Waals surface area contributed by atoms with Gasteiger partial charge in [-0.3, -0.25) is 0 Å². The first-order chi connectivity index (χ1) is 62.3. The Morgan fingerprint density at radius 3 is 0.756 bits per heavy atom. The molecule has 0 aliphatic carbocycles. The Morgan fingerprint density at radius 2 is 0.449 bits per heavy atom. The normalized spacial score (nSPS) is 12.5. The minimum absolute atomic E-state index is 0.0645. The molecule has 1 aliphatic rings. The first kappa shape index (κ1) is 81.6. The predicted octanol–water partition coefficient (Wildman–Crippen LogP) is 28.5. The highest BCUT2D eigenvalue weighted by Crippen LogP contribution is 2.44. The summed E-state index contributed by atoms with van der Waals surface area (Å²) >= 11 is 11.6. The van der Waals surface area contributed by atoms with Crippen LogP contribution in [0.1, 0.15) is 94.5 Å². The topological polar surface area (TPSA) is 122 Å². The van der Waals surface area contributed by atoms with E-state index in [0.29, 0.717) is 23.3 Å². The third-order valence-corrected chi connectivity index (χ3v) is 23.7. The Bertz CT molecular complexity index is 7090. The summed E-state index contributed by atoms with van der Waals surface area (Å²) in [6, 6.07) is 150. The van der Waals surface area contributed by atoms with Crippen LogP contribution in [0.2, 0.25) is 10.6 Å². The second kappa shape index (κ2) is 36.4. The summed E-state index contributed by atoms with van der Waals surface area (Å²) in [4.78, 5) is 27.9. The fourth-order valence-electron chi connectivity index (χ4n) is 16.6. The molecule has 0 radical (unpaired) electrons. The summed E-state index contributed by atoms with van der Waals surface area (Å²) in [5.41, 5.74) is 27.1. The van der Waals surface area contributed by atoms with Crippen molar-refractivity contribution in [1.29, 1.82) is 0 Å². The van der Waals surface area contributed by atoms with E-state index in [4.69, 9.17) is 56.3 Å². The van der Waals surface area contributed by atoms with Gasteiger partial charge < -0.3 is 18.1 Å². The molecule has 5 heterocycles. The van der Waals surface area contributed by atoms with Crippen molar-refractivity contribution in [3.63, 3.8) is 0 Å². The zero-order chi connectivity index (χ0) is 86.2. The summed E-state index contributed by atoms with van der Waals surface area (Å²) in [6.07, 6.45) is 0. The molecule has 0 N–H and O–H groups in total. The van der Waals surface area contributed by atoms with Crippen LogP contribution in [-0.2, 0) is 9.31 Å². The van der Waals surface area contributed by atoms with E-state index in [9.17, 15) is 0 Å². The van der Waals surface area contributed by atoms with Crippen molar-refractivity contribution >= 4 is 113 Å². The Hall–Kier alpha value is -15.1. The molecule has 127 heavy (non-hydrogen) atoms. The molecular formula is C114H83BCl2N6O4. The molecule has 0 atom stereocenters. The smallest absolute Gasteiger partial charge is 0.456 e. The fourth-order valence-corrected chi connectivity index (χ4v) is 16.9. The van der Waals surface area contributed by atoms with Gasteiger partial charge in [0.05, 0.1) is 11.2 Å². The molecule has 20 aromatic rings. The van der Waals surface area contributed by atoms with Crippen LogP contribution in [0.5, 0.6) is 0 Å². The van der Waals surface area contributed by atoms with Crippen molar-refractivity contribution in [2.75, 3.05) is 0 Å². The second-order valence-electron chi connectivity index (χ2n) is 32.0. The van der Waals surface area contributed by atoms with Crippen LogP contribution in [0.4, 0.5) is 0 Å². The van der Waals surface area contributed by atoms with Gasteiger partial charge in [-0.15, -0.1) is 0 Å². The number of fused-ring (bicyclic) bond motifs is 6.